The fraction of sp³-hybridized carbons (Fsp3) is 0.500. The fourth-order valence-corrected chi connectivity index (χ4v) is 2.11. The maximum atomic E-state index is 11.4. The van der Waals surface area contributed by atoms with Crippen LogP contribution in [0, 0.1) is 0 Å². The van der Waals surface area contributed by atoms with Crippen LogP contribution in [0.3, 0.4) is 0 Å². The minimum atomic E-state index is -0.170. The van der Waals surface area contributed by atoms with E-state index < -0.39 is 0 Å². The van der Waals surface area contributed by atoms with E-state index in [9.17, 15) is 4.79 Å². The van der Waals surface area contributed by atoms with E-state index >= 15 is 0 Å². The lowest BCUT2D eigenvalue weighted by molar-refractivity contribution is -0.141. The van der Waals surface area contributed by atoms with Crippen LogP contribution in [-0.2, 0) is 9.53 Å². The summed E-state index contributed by atoms with van der Waals surface area (Å²) in [5, 5.41) is 0. The third-order valence-electron chi connectivity index (χ3n) is 3.57. The van der Waals surface area contributed by atoms with Crippen molar-refractivity contribution in [1.29, 1.82) is 0 Å². The normalized spacial score (nSPS) is 17.6. The van der Waals surface area contributed by atoms with E-state index in [4.69, 9.17) is 4.74 Å². The first kappa shape index (κ1) is 11.2. The molecule has 1 unspecified atom stereocenters. The van der Waals surface area contributed by atoms with Crippen LogP contribution >= 0.6 is 0 Å². The predicted octanol–water partition coefficient (Wildman–Crippen LogP) is 3.23. The van der Waals surface area contributed by atoms with Gasteiger partial charge in [-0.15, -0.1) is 0 Å². The maximum absolute atomic E-state index is 11.4. The number of carbonyl (C=O) groups excluding carboxylic acids is 1. The van der Waals surface area contributed by atoms with Crippen LogP contribution in [0.25, 0.3) is 0 Å². The monoisotopic (exact) mass is 218 g/mol. The van der Waals surface area contributed by atoms with Crippen molar-refractivity contribution in [2.24, 2.45) is 0 Å². The Balaban J connectivity index is 2.09. The molecule has 1 fully saturated rings. The minimum absolute atomic E-state index is 0.166. The number of rotatable bonds is 3. The molecule has 0 bridgehead atoms. The predicted molar refractivity (Wildman–Crippen MR) is 63.5 cm³/mol. The number of hydrogen-bond donors (Lipinski definition) is 0. The molecule has 1 aromatic carbocycles. The van der Waals surface area contributed by atoms with Gasteiger partial charge < -0.3 is 4.74 Å². The summed E-state index contributed by atoms with van der Waals surface area (Å²) >= 11 is 0. The Morgan fingerprint density at radius 1 is 1.31 bits per heavy atom. The van der Waals surface area contributed by atoms with Crippen molar-refractivity contribution in [2.75, 3.05) is 7.11 Å². The highest BCUT2D eigenvalue weighted by Crippen LogP contribution is 2.36. The van der Waals surface area contributed by atoms with Crippen LogP contribution in [0.15, 0.2) is 24.3 Å². The van der Waals surface area contributed by atoms with Crippen LogP contribution in [0.4, 0.5) is 0 Å². The Bertz CT molecular complexity index is 363. The Hall–Kier alpha value is -1.31. The Morgan fingerprint density at radius 3 is 2.38 bits per heavy atom. The first-order valence-corrected chi connectivity index (χ1v) is 5.90. The molecule has 2 rings (SSSR count). The summed E-state index contributed by atoms with van der Waals surface area (Å²) in [5.41, 5.74) is 2.45. The lowest BCUT2D eigenvalue weighted by Crippen LogP contribution is -2.12. The minimum Gasteiger partial charge on any atom is -0.469 e. The molecule has 0 spiro atoms. The molecule has 2 heteroatoms. The van der Waals surface area contributed by atoms with Crippen LogP contribution in [0.1, 0.15) is 49.1 Å². The van der Waals surface area contributed by atoms with Crippen molar-refractivity contribution in [3.63, 3.8) is 0 Å². The Kier molecular flexibility index (Phi) is 3.28. The van der Waals surface area contributed by atoms with E-state index in [1.54, 1.807) is 0 Å². The van der Waals surface area contributed by atoms with Crippen LogP contribution in [0.5, 0.6) is 0 Å². The standard InChI is InChI=1S/C14H18O2/c1-10(14(15)16-2)11-6-8-13(9-7-11)12-4-3-5-12/h6-10,12H,3-5H2,1-2H3. The quantitative estimate of drug-likeness (QED) is 0.728. The van der Waals surface area contributed by atoms with Crippen molar-refractivity contribution >= 4 is 5.97 Å². The van der Waals surface area contributed by atoms with Gasteiger partial charge in [0.25, 0.3) is 0 Å². The number of ether oxygens (including phenoxy) is 1. The van der Waals surface area contributed by atoms with E-state index in [0.29, 0.717) is 0 Å². The van der Waals surface area contributed by atoms with Gasteiger partial charge in [-0.25, -0.2) is 0 Å². The zero-order chi connectivity index (χ0) is 11.5. The van der Waals surface area contributed by atoms with Gasteiger partial charge in [-0.3, -0.25) is 4.79 Å². The van der Waals surface area contributed by atoms with Gasteiger partial charge >= 0.3 is 5.97 Å². The largest absolute Gasteiger partial charge is 0.469 e. The smallest absolute Gasteiger partial charge is 0.312 e. The highest BCUT2D eigenvalue weighted by Gasteiger charge is 2.20. The summed E-state index contributed by atoms with van der Waals surface area (Å²) in [4.78, 5) is 11.4. The third-order valence-corrected chi connectivity index (χ3v) is 3.57. The van der Waals surface area contributed by atoms with Crippen molar-refractivity contribution in [1.82, 2.24) is 0 Å². The second-order valence-electron chi connectivity index (χ2n) is 4.54. The molecule has 2 nitrogen and oxygen atoms in total. The molecular formula is C14H18O2. The number of benzene rings is 1. The van der Waals surface area contributed by atoms with Gasteiger partial charge in [0.1, 0.15) is 0 Å². The molecule has 16 heavy (non-hydrogen) atoms. The zero-order valence-electron chi connectivity index (χ0n) is 9.90. The Labute approximate surface area is 96.6 Å². The lowest BCUT2D eigenvalue weighted by atomic mass is 9.79. The number of carbonyl (C=O) groups is 1. The summed E-state index contributed by atoms with van der Waals surface area (Å²) in [7, 11) is 1.43. The maximum Gasteiger partial charge on any atom is 0.312 e. The van der Waals surface area contributed by atoms with Gasteiger partial charge in [0.15, 0.2) is 0 Å². The molecule has 0 radical (unpaired) electrons. The summed E-state index contributed by atoms with van der Waals surface area (Å²) in [5.74, 6) is 0.416. The fourth-order valence-electron chi connectivity index (χ4n) is 2.11. The molecule has 0 heterocycles. The number of methoxy groups -OCH3 is 1. The average Bonchev–Trinajstić information content (AvgIpc) is 2.26. The molecule has 1 aromatic rings. The molecular weight excluding hydrogens is 200 g/mol. The lowest BCUT2D eigenvalue weighted by Gasteiger charge is -2.26. The van der Waals surface area contributed by atoms with Crippen LogP contribution < -0.4 is 0 Å². The molecule has 1 atom stereocenters. The number of esters is 1. The first-order valence-electron chi connectivity index (χ1n) is 5.90. The second-order valence-corrected chi connectivity index (χ2v) is 4.54. The second kappa shape index (κ2) is 4.69. The molecule has 0 aliphatic heterocycles. The summed E-state index contributed by atoms with van der Waals surface area (Å²) < 4.78 is 4.74. The summed E-state index contributed by atoms with van der Waals surface area (Å²) in [6.07, 6.45) is 3.97. The Morgan fingerprint density at radius 2 is 1.94 bits per heavy atom. The molecule has 0 amide bonds. The van der Waals surface area contributed by atoms with Gasteiger partial charge in [-0.2, -0.15) is 0 Å². The van der Waals surface area contributed by atoms with Gasteiger partial charge in [0.2, 0.25) is 0 Å². The van der Waals surface area contributed by atoms with Crippen molar-refractivity contribution in [2.45, 2.75) is 38.0 Å². The van der Waals surface area contributed by atoms with E-state index in [1.807, 2.05) is 6.92 Å². The summed E-state index contributed by atoms with van der Waals surface area (Å²) in [6, 6.07) is 8.40. The highest BCUT2D eigenvalue weighted by atomic mass is 16.5. The molecule has 0 aromatic heterocycles. The SMILES string of the molecule is COC(=O)C(C)c1ccc(C2CCC2)cc1. The molecule has 0 N–H and O–H groups in total. The van der Waals surface area contributed by atoms with Crippen molar-refractivity contribution in [3.05, 3.63) is 35.4 Å². The van der Waals surface area contributed by atoms with Crippen molar-refractivity contribution < 1.29 is 9.53 Å². The van der Waals surface area contributed by atoms with Gasteiger partial charge in [-0.1, -0.05) is 30.7 Å². The molecule has 0 saturated heterocycles. The molecule has 1 aliphatic carbocycles. The molecule has 86 valence electrons. The van der Waals surface area contributed by atoms with Gasteiger partial charge in [0, 0.05) is 0 Å². The highest BCUT2D eigenvalue weighted by molar-refractivity contribution is 5.77. The van der Waals surface area contributed by atoms with Crippen molar-refractivity contribution in [3.8, 4) is 0 Å². The summed E-state index contributed by atoms with van der Waals surface area (Å²) in [6.45, 7) is 1.88. The van der Waals surface area contributed by atoms with E-state index in [1.165, 1.54) is 31.9 Å². The van der Waals surface area contributed by atoms with E-state index in [2.05, 4.69) is 24.3 Å². The topological polar surface area (TPSA) is 26.3 Å². The molecule has 1 saturated carbocycles. The first-order chi connectivity index (χ1) is 7.72. The third kappa shape index (κ3) is 2.11. The van der Waals surface area contributed by atoms with Gasteiger partial charge in [0.05, 0.1) is 13.0 Å². The van der Waals surface area contributed by atoms with E-state index in [0.717, 1.165) is 11.5 Å². The van der Waals surface area contributed by atoms with Crippen LogP contribution in [0.2, 0.25) is 0 Å². The molecule has 1 aliphatic rings. The van der Waals surface area contributed by atoms with Crippen LogP contribution in [-0.4, -0.2) is 13.1 Å². The number of hydrogen-bond acceptors (Lipinski definition) is 2. The van der Waals surface area contributed by atoms with E-state index in [-0.39, 0.29) is 11.9 Å². The van der Waals surface area contributed by atoms with Gasteiger partial charge in [-0.05, 0) is 36.8 Å². The average molecular weight is 218 g/mol. The zero-order valence-corrected chi connectivity index (χ0v) is 9.90.